The zero-order valence-electron chi connectivity index (χ0n) is 18.9. The van der Waals surface area contributed by atoms with Gasteiger partial charge in [0.25, 0.3) is 0 Å². The number of para-hydroxylation sites is 1. The summed E-state index contributed by atoms with van der Waals surface area (Å²) in [4.78, 5) is 27.4. The molecule has 33 heavy (non-hydrogen) atoms. The number of aromatic nitrogens is 2. The first-order valence-electron chi connectivity index (χ1n) is 11.4. The van der Waals surface area contributed by atoms with Crippen LogP contribution in [0.25, 0.3) is 10.2 Å². The van der Waals surface area contributed by atoms with E-state index in [9.17, 15) is 4.79 Å². The molecule has 1 aliphatic rings. The Morgan fingerprint density at radius 3 is 2.36 bits per heavy atom. The Hall–Kier alpha value is -3.09. The van der Waals surface area contributed by atoms with Gasteiger partial charge in [-0.25, -0.2) is 4.98 Å². The highest BCUT2D eigenvalue weighted by atomic mass is 32.1. The molecule has 6 heteroatoms. The van der Waals surface area contributed by atoms with Crippen molar-refractivity contribution in [3.8, 4) is 0 Å². The van der Waals surface area contributed by atoms with Crippen LogP contribution < -0.4 is 0 Å². The van der Waals surface area contributed by atoms with Crippen LogP contribution in [-0.2, 0) is 23.2 Å². The fourth-order valence-electron chi connectivity index (χ4n) is 4.61. The van der Waals surface area contributed by atoms with Gasteiger partial charge in [0.1, 0.15) is 0 Å². The average Bonchev–Trinajstić information content (AvgIpc) is 3.27. The van der Waals surface area contributed by atoms with E-state index in [1.165, 1.54) is 10.3 Å². The van der Waals surface area contributed by atoms with Gasteiger partial charge in [-0.05, 0) is 42.3 Å². The summed E-state index contributed by atoms with van der Waals surface area (Å²) in [5, 5.41) is 1.01. The fraction of sp³-hybridized carbons (Fsp3) is 0.296. The Balaban J connectivity index is 1.35. The predicted octanol–water partition coefficient (Wildman–Crippen LogP) is 4.54. The second-order valence-corrected chi connectivity index (χ2v) is 9.99. The Morgan fingerprint density at radius 2 is 1.64 bits per heavy atom. The predicted molar refractivity (Wildman–Crippen MR) is 133 cm³/mol. The van der Waals surface area contributed by atoms with E-state index >= 15 is 0 Å². The van der Waals surface area contributed by atoms with E-state index in [0.29, 0.717) is 6.42 Å². The molecular weight excluding hydrogens is 428 g/mol. The highest BCUT2D eigenvalue weighted by Gasteiger charge is 2.40. The third kappa shape index (κ3) is 4.68. The Bertz CT molecular complexity index is 1190. The molecule has 1 unspecified atom stereocenters. The molecule has 0 saturated carbocycles. The van der Waals surface area contributed by atoms with Crippen molar-refractivity contribution in [3.63, 3.8) is 0 Å². The number of piperazine rings is 1. The number of carbonyl (C=O) groups excluding carboxylic acids is 1. The largest absolute Gasteiger partial charge is 0.339 e. The van der Waals surface area contributed by atoms with Gasteiger partial charge in [0.2, 0.25) is 5.91 Å². The van der Waals surface area contributed by atoms with Crippen LogP contribution in [0.4, 0.5) is 0 Å². The van der Waals surface area contributed by atoms with Crippen molar-refractivity contribution < 1.29 is 4.79 Å². The van der Waals surface area contributed by atoms with Crippen LogP contribution >= 0.6 is 11.3 Å². The highest BCUT2D eigenvalue weighted by Crippen LogP contribution is 2.34. The van der Waals surface area contributed by atoms with Crippen LogP contribution in [0.1, 0.15) is 23.1 Å². The summed E-state index contributed by atoms with van der Waals surface area (Å²) >= 11 is 1.69. The maximum Gasteiger partial charge on any atom is 0.233 e. The van der Waals surface area contributed by atoms with E-state index in [0.717, 1.165) is 48.8 Å². The van der Waals surface area contributed by atoms with Crippen molar-refractivity contribution in [2.45, 2.75) is 25.3 Å². The molecule has 0 N–H and O–H groups in total. The van der Waals surface area contributed by atoms with Crippen molar-refractivity contribution in [2.24, 2.45) is 0 Å². The van der Waals surface area contributed by atoms with Crippen LogP contribution in [0, 0.1) is 0 Å². The molecule has 3 heterocycles. The molecule has 5 nitrogen and oxygen atoms in total. The second kappa shape index (κ2) is 9.41. The van der Waals surface area contributed by atoms with Crippen molar-refractivity contribution in [1.82, 2.24) is 19.8 Å². The lowest BCUT2D eigenvalue weighted by Crippen LogP contribution is -2.54. The van der Waals surface area contributed by atoms with Gasteiger partial charge < -0.3 is 4.90 Å². The zero-order valence-corrected chi connectivity index (χ0v) is 19.7. The van der Waals surface area contributed by atoms with Crippen molar-refractivity contribution >= 4 is 27.5 Å². The third-order valence-corrected chi connectivity index (χ3v) is 7.58. The van der Waals surface area contributed by atoms with E-state index in [2.05, 4.69) is 47.1 Å². The van der Waals surface area contributed by atoms with E-state index in [-0.39, 0.29) is 5.91 Å². The minimum absolute atomic E-state index is 0.191. The molecule has 1 aliphatic heterocycles. The summed E-state index contributed by atoms with van der Waals surface area (Å²) in [7, 11) is 0. The van der Waals surface area contributed by atoms with Crippen molar-refractivity contribution in [2.75, 3.05) is 26.2 Å². The molecule has 5 rings (SSSR count). The molecule has 0 bridgehead atoms. The summed E-state index contributed by atoms with van der Waals surface area (Å²) in [6.45, 7) is 6.21. The molecule has 0 radical (unpaired) electrons. The first-order chi connectivity index (χ1) is 16.1. The molecule has 4 aromatic rings. The summed E-state index contributed by atoms with van der Waals surface area (Å²) < 4.78 is 1.17. The lowest BCUT2D eigenvalue weighted by Gasteiger charge is -2.40. The fourth-order valence-corrected chi connectivity index (χ4v) is 5.73. The topological polar surface area (TPSA) is 49.3 Å². The van der Waals surface area contributed by atoms with Crippen LogP contribution in [0.3, 0.4) is 0 Å². The summed E-state index contributed by atoms with van der Waals surface area (Å²) in [6.07, 6.45) is 4.28. The van der Waals surface area contributed by atoms with Crippen LogP contribution in [0.5, 0.6) is 0 Å². The summed E-state index contributed by atoms with van der Waals surface area (Å²) in [5.74, 6) is 0.191. The molecule has 0 spiro atoms. The minimum Gasteiger partial charge on any atom is -0.339 e. The molecular formula is C27H28N4OS. The van der Waals surface area contributed by atoms with Gasteiger partial charge in [0, 0.05) is 51.5 Å². The Kier molecular flexibility index (Phi) is 6.20. The van der Waals surface area contributed by atoms with Crippen LogP contribution in [0.15, 0.2) is 79.1 Å². The van der Waals surface area contributed by atoms with E-state index < -0.39 is 5.41 Å². The van der Waals surface area contributed by atoms with E-state index in [1.807, 2.05) is 53.7 Å². The summed E-state index contributed by atoms with van der Waals surface area (Å²) in [5.41, 5.74) is 2.66. The Labute approximate surface area is 198 Å². The molecule has 168 valence electrons. The van der Waals surface area contributed by atoms with Gasteiger partial charge in [-0.2, -0.15) is 0 Å². The number of rotatable bonds is 6. The molecule has 0 aliphatic carbocycles. The molecule has 1 fully saturated rings. The monoisotopic (exact) mass is 456 g/mol. The van der Waals surface area contributed by atoms with E-state index in [4.69, 9.17) is 4.98 Å². The second-order valence-electron chi connectivity index (χ2n) is 8.87. The maximum atomic E-state index is 14.0. The first kappa shape index (κ1) is 21.7. The number of hydrogen-bond donors (Lipinski definition) is 0. The molecule has 1 amide bonds. The molecule has 2 aromatic heterocycles. The van der Waals surface area contributed by atoms with Crippen LogP contribution in [0.2, 0.25) is 0 Å². The minimum atomic E-state index is -0.650. The zero-order chi connectivity index (χ0) is 22.7. The quantitative estimate of drug-likeness (QED) is 0.428. The molecule has 1 atom stereocenters. The number of fused-ring (bicyclic) bond motifs is 1. The lowest BCUT2D eigenvalue weighted by molar-refractivity contribution is -0.138. The smallest absolute Gasteiger partial charge is 0.233 e. The normalized spacial score (nSPS) is 16.6. The third-order valence-electron chi connectivity index (χ3n) is 6.54. The number of thiazole rings is 1. The number of nitrogens with zero attached hydrogens (tertiary/aromatic N) is 4. The number of benzene rings is 2. The first-order valence-corrected chi connectivity index (χ1v) is 12.2. The summed E-state index contributed by atoms with van der Waals surface area (Å²) in [6, 6.07) is 22.5. The van der Waals surface area contributed by atoms with Gasteiger partial charge in [0.15, 0.2) is 0 Å². The van der Waals surface area contributed by atoms with Gasteiger partial charge in [-0.1, -0.05) is 42.5 Å². The van der Waals surface area contributed by atoms with Crippen molar-refractivity contribution in [3.05, 3.63) is 95.3 Å². The molecule has 2 aromatic carbocycles. The van der Waals surface area contributed by atoms with Crippen LogP contribution in [-0.4, -0.2) is 51.9 Å². The molecule has 1 saturated heterocycles. The Morgan fingerprint density at radius 1 is 0.939 bits per heavy atom. The number of carbonyl (C=O) groups is 1. The SMILES string of the molecule is CC(Cc1nc2ccccc2s1)(C(=O)N1CCN(Cc2ccncc2)CC1)c1ccccc1. The number of hydrogen-bond acceptors (Lipinski definition) is 5. The highest BCUT2D eigenvalue weighted by molar-refractivity contribution is 7.18. The number of amides is 1. The standard InChI is InChI=1S/C27H28N4OS/c1-27(22-7-3-2-4-8-22,19-25-29-23-9-5-6-10-24(23)33-25)26(32)31-17-15-30(16-18-31)20-21-11-13-28-14-12-21/h2-14H,15-20H2,1H3. The maximum absolute atomic E-state index is 14.0. The lowest BCUT2D eigenvalue weighted by atomic mass is 9.78. The van der Waals surface area contributed by atoms with Crippen molar-refractivity contribution in [1.29, 1.82) is 0 Å². The van der Waals surface area contributed by atoms with Gasteiger partial charge in [0.05, 0.1) is 20.6 Å². The average molecular weight is 457 g/mol. The van der Waals surface area contributed by atoms with Gasteiger partial charge in [-0.15, -0.1) is 11.3 Å². The number of pyridine rings is 1. The van der Waals surface area contributed by atoms with Gasteiger partial charge >= 0.3 is 0 Å². The van der Waals surface area contributed by atoms with E-state index in [1.54, 1.807) is 11.3 Å². The van der Waals surface area contributed by atoms with Gasteiger partial charge in [-0.3, -0.25) is 14.7 Å².